The monoisotopic (exact) mass is 356 g/mol. The number of hydrogen-bond donors (Lipinski definition) is 3. The molecule has 2 heterocycles. The van der Waals surface area contributed by atoms with Gasteiger partial charge in [0.1, 0.15) is 6.04 Å². The van der Waals surface area contributed by atoms with Crippen LogP contribution in [0.5, 0.6) is 0 Å². The van der Waals surface area contributed by atoms with E-state index in [9.17, 15) is 14.4 Å². The lowest BCUT2D eigenvalue weighted by atomic mass is 9.79. The van der Waals surface area contributed by atoms with Gasteiger partial charge in [0.05, 0.1) is 11.5 Å². The van der Waals surface area contributed by atoms with Gasteiger partial charge in [-0.05, 0) is 30.4 Å². The number of nitrogens with zero attached hydrogens (tertiary/aromatic N) is 1. The van der Waals surface area contributed by atoms with Crippen LogP contribution in [-0.4, -0.2) is 41.2 Å². The molecule has 0 unspecified atom stereocenters. The summed E-state index contributed by atoms with van der Waals surface area (Å²) in [6.45, 7) is 0.140. The molecule has 7 heteroatoms. The first-order valence-electron chi connectivity index (χ1n) is 9.19. The van der Waals surface area contributed by atoms with Gasteiger partial charge < -0.3 is 21.7 Å². The van der Waals surface area contributed by atoms with E-state index < -0.39 is 23.4 Å². The molecule has 0 bridgehead atoms. The molecule has 26 heavy (non-hydrogen) atoms. The van der Waals surface area contributed by atoms with E-state index in [0.29, 0.717) is 12.3 Å². The van der Waals surface area contributed by atoms with E-state index >= 15 is 0 Å². The van der Waals surface area contributed by atoms with Crippen LogP contribution in [0.3, 0.4) is 0 Å². The van der Waals surface area contributed by atoms with Crippen LogP contribution in [0.1, 0.15) is 37.7 Å². The standard InChI is InChI=1S/C19H24N4O3/c20-13(8-11-4-3-5-11)17(25)23-10-19(9-15(23)16(21)24)12-6-1-2-7-14(12)22-18(19)26/h1-2,6-7,11,13,15H,3-5,8-10,20H2,(H2,21,24)(H,22,26)/t13-,15-,19-/m0/s1. The second kappa shape index (κ2) is 6.09. The number of nitrogens with one attached hydrogen (secondary N) is 1. The maximum absolute atomic E-state index is 13.0. The highest BCUT2D eigenvalue weighted by Gasteiger charge is 2.57. The Morgan fingerprint density at radius 1 is 1.31 bits per heavy atom. The summed E-state index contributed by atoms with van der Waals surface area (Å²) in [7, 11) is 0. The Bertz CT molecular complexity index is 776. The Hall–Kier alpha value is -2.41. The Balaban J connectivity index is 1.62. The van der Waals surface area contributed by atoms with Gasteiger partial charge in [-0.3, -0.25) is 14.4 Å². The second-order valence-corrected chi connectivity index (χ2v) is 7.81. The first-order valence-corrected chi connectivity index (χ1v) is 9.19. The summed E-state index contributed by atoms with van der Waals surface area (Å²) in [5.41, 5.74) is 12.3. The van der Waals surface area contributed by atoms with Gasteiger partial charge in [-0.15, -0.1) is 0 Å². The molecule has 1 spiro atoms. The van der Waals surface area contributed by atoms with Crippen molar-refractivity contribution in [3.8, 4) is 0 Å². The summed E-state index contributed by atoms with van der Waals surface area (Å²) < 4.78 is 0. The van der Waals surface area contributed by atoms with Crippen LogP contribution in [0.15, 0.2) is 24.3 Å². The number of nitrogens with two attached hydrogens (primary N) is 2. The minimum Gasteiger partial charge on any atom is -0.368 e. The number of carbonyl (C=O) groups is 3. The predicted molar refractivity (Wildman–Crippen MR) is 96.0 cm³/mol. The van der Waals surface area contributed by atoms with Crippen molar-refractivity contribution < 1.29 is 14.4 Å². The minimum absolute atomic E-state index is 0.140. The molecular formula is C19H24N4O3. The normalized spacial score (nSPS) is 28.6. The molecule has 3 atom stereocenters. The lowest BCUT2D eigenvalue weighted by molar-refractivity contribution is -0.138. The fourth-order valence-electron chi connectivity index (χ4n) is 4.53. The molecular weight excluding hydrogens is 332 g/mol. The summed E-state index contributed by atoms with van der Waals surface area (Å²) in [5, 5.41) is 2.87. The first-order chi connectivity index (χ1) is 12.4. The van der Waals surface area contributed by atoms with Crippen molar-refractivity contribution >= 4 is 23.4 Å². The van der Waals surface area contributed by atoms with Crippen molar-refractivity contribution in [1.29, 1.82) is 0 Å². The Morgan fingerprint density at radius 3 is 2.69 bits per heavy atom. The number of carbonyl (C=O) groups excluding carboxylic acids is 3. The van der Waals surface area contributed by atoms with Crippen LogP contribution in [0.25, 0.3) is 0 Å². The van der Waals surface area contributed by atoms with Gasteiger partial charge >= 0.3 is 0 Å². The summed E-state index contributed by atoms with van der Waals surface area (Å²) in [5.74, 6) is -0.584. The maximum atomic E-state index is 13.0. The van der Waals surface area contributed by atoms with Crippen molar-refractivity contribution in [3.05, 3.63) is 29.8 Å². The van der Waals surface area contributed by atoms with Gasteiger partial charge in [-0.1, -0.05) is 37.5 Å². The highest BCUT2D eigenvalue weighted by Crippen LogP contribution is 2.46. The zero-order valence-corrected chi connectivity index (χ0v) is 14.6. The Labute approximate surface area is 152 Å². The average Bonchev–Trinajstić information content (AvgIpc) is 3.11. The zero-order chi connectivity index (χ0) is 18.5. The molecule has 3 amide bonds. The topological polar surface area (TPSA) is 119 Å². The van der Waals surface area contributed by atoms with Crippen LogP contribution in [-0.2, 0) is 19.8 Å². The smallest absolute Gasteiger partial charge is 0.240 e. The second-order valence-electron chi connectivity index (χ2n) is 7.81. The number of anilines is 1. The average molecular weight is 356 g/mol. The van der Waals surface area contributed by atoms with Crippen molar-refractivity contribution in [2.45, 2.75) is 49.6 Å². The highest BCUT2D eigenvalue weighted by molar-refractivity contribution is 6.08. The van der Waals surface area contributed by atoms with Gasteiger partial charge in [-0.2, -0.15) is 0 Å². The first kappa shape index (κ1) is 17.0. The molecule has 1 saturated carbocycles. The Kier molecular flexibility index (Phi) is 3.99. The molecule has 1 aromatic carbocycles. The third-order valence-corrected chi connectivity index (χ3v) is 6.22. The van der Waals surface area contributed by atoms with Crippen LogP contribution in [0, 0.1) is 5.92 Å². The predicted octanol–water partition coefficient (Wildman–Crippen LogP) is 0.480. The molecule has 2 fully saturated rings. The lowest BCUT2D eigenvalue weighted by Crippen LogP contribution is -2.51. The molecule has 5 N–H and O–H groups in total. The number of fused-ring (bicyclic) bond motifs is 2. The third-order valence-electron chi connectivity index (χ3n) is 6.22. The molecule has 3 aliphatic rings. The van der Waals surface area contributed by atoms with Gasteiger partial charge in [0.25, 0.3) is 0 Å². The number of amides is 3. The highest BCUT2D eigenvalue weighted by atomic mass is 16.2. The number of primary amides is 1. The van der Waals surface area contributed by atoms with Crippen LogP contribution in [0.4, 0.5) is 5.69 Å². The summed E-state index contributed by atoms with van der Waals surface area (Å²) in [6, 6.07) is 5.92. The molecule has 0 aromatic heterocycles. The fourth-order valence-corrected chi connectivity index (χ4v) is 4.53. The Morgan fingerprint density at radius 2 is 2.04 bits per heavy atom. The molecule has 1 saturated heterocycles. The molecule has 4 rings (SSSR count). The molecule has 1 aliphatic carbocycles. The zero-order valence-electron chi connectivity index (χ0n) is 14.6. The van der Waals surface area contributed by atoms with Crippen molar-refractivity contribution in [2.24, 2.45) is 17.4 Å². The fraction of sp³-hybridized carbons (Fsp3) is 0.526. The number of rotatable bonds is 4. The van der Waals surface area contributed by atoms with Crippen molar-refractivity contribution in [3.63, 3.8) is 0 Å². The number of para-hydroxylation sites is 1. The molecule has 2 aliphatic heterocycles. The van der Waals surface area contributed by atoms with Crippen LogP contribution in [0.2, 0.25) is 0 Å². The number of hydrogen-bond acceptors (Lipinski definition) is 4. The number of likely N-dealkylation sites (tertiary alicyclic amines) is 1. The van der Waals surface area contributed by atoms with Crippen molar-refractivity contribution in [2.75, 3.05) is 11.9 Å². The summed E-state index contributed by atoms with van der Waals surface area (Å²) >= 11 is 0. The maximum Gasteiger partial charge on any atom is 0.240 e. The van der Waals surface area contributed by atoms with Gasteiger partial charge in [0, 0.05) is 12.2 Å². The minimum atomic E-state index is -0.928. The lowest BCUT2D eigenvalue weighted by Gasteiger charge is -2.31. The van der Waals surface area contributed by atoms with E-state index in [1.165, 1.54) is 11.3 Å². The van der Waals surface area contributed by atoms with E-state index in [1.807, 2.05) is 24.3 Å². The molecule has 138 valence electrons. The summed E-state index contributed by atoms with van der Waals surface area (Å²) in [6.07, 6.45) is 4.20. The number of benzene rings is 1. The van der Waals surface area contributed by atoms with Crippen LogP contribution >= 0.6 is 0 Å². The van der Waals surface area contributed by atoms with E-state index in [4.69, 9.17) is 11.5 Å². The molecule has 0 radical (unpaired) electrons. The van der Waals surface area contributed by atoms with Gasteiger partial charge in [-0.25, -0.2) is 0 Å². The van der Waals surface area contributed by atoms with E-state index in [-0.39, 0.29) is 24.8 Å². The van der Waals surface area contributed by atoms with Crippen molar-refractivity contribution in [1.82, 2.24) is 4.90 Å². The van der Waals surface area contributed by atoms with E-state index in [2.05, 4.69) is 5.32 Å². The third kappa shape index (κ3) is 2.49. The van der Waals surface area contributed by atoms with E-state index in [1.54, 1.807) is 0 Å². The van der Waals surface area contributed by atoms with Gasteiger partial charge in [0.15, 0.2) is 0 Å². The molecule has 1 aromatic rings. The van der Waals surface area contributed by atoms with Crippen LogP contribution < -0.4 is 16.8 Å². The van der Waals surface area contributed by atoms with Gasteiger partial charge in [0.2, 0.25) is 17.7 Å². The van der Waals surface area contributed by atoms with E-state index in [0.717, 1.165) is 24.1 Å². The SMILES string of the molecule is NC(=O)[C@@H]1C[C@@]2(CN1C(=O)[C@@H](N)CC1CCC1)C(=O)Nc1ccccc12. The largest absolute Gasteiger partial charge is 0.368 e. The summed E-state index contributed by atoms with van der Waals surface area (Å²) in [4.78, 5) is 39.2. The molecule has 7 nitrogen and oxygen atoms in total. The quantitative estimate of drug-likeness (QED) is 0.727.